The van der Waals surface area contributed by atoms with E-state index in [1.54, 1.807) is 11.8 Å². The Kier molecular flexibility index (Phi) is 4.34. The molecule has 4 rings (SSSR count). The van der Waals surface area contributed by atoms with Crippen molar-refractivity contribution in [2.75, 3.05) is 5.32 Å². The van der Waals surface area contributed by atoms with Gasteiger partial charge >= 0.3 is 0 Å². The molecule has 2 saturated heterocycles. The zero-order valence-corrected chi connectivity index (χ0v) is 17.5. The molecule has 1 unspecified atom stereocenters. The second-order valence-electron chi connectivity index (χ2n) is 8.02. The Labute approximate surface area is 161 Å². The van der Waals surface area contributed by atoms with Gasteiger partial charge in [0.1, 0.15) is 23.9 Å². The monoisotopic (exact) mass is 387 g/mol. The van der Waals surface area contributed by atoms with Crippen molar-refractivity contribution < 1.29 is 14.0 Å². The zero-order valence-electron chi connectivity index (χ0n) is 16.5. The molecule has 2 amide bonds. The lowest BCUT2D eigenvalue weighted by molar-refractivity contribution is -0.148. The van der Waals surface area contributed by atoms with Crippen LogP contribution in [0.1, 0.15) is 39.7 Å². The smallest absolute Gasteiger partial charge is 0.247 e. The van der Waals surface area contributed by atoms with E-state index >= 15 is 0 Å². The fourth-order valence-corrected chi connectivity index (χ4v) is 8.08. The molecule has 0 bridgehead atoms. The molecule has 7 heteroatoms. The van der Waals surface area contributed by atoms with E-state index in [-0.39, 0.29) is 18.0 Å². The molecule has 3 aliphatic heterocycles. The maximum absolute atomic E-state index is 13.0. The molecular formula is C20H29N3O3Si. The average Bonchev–Trinajstić information content (AvgIpc) is 3.15. The van der Waals surface area contributed by atoms with Crippen LogP contribution in [0.25, 0.3) is 0 Å². The van der Waals surface area contributed by atoms with Crippen molar-refractivity contribution in [3.63, 3.8) is 0 Å². The zero-order chi connectivity index (χ0) is 19.4. The van der Waals surface area contributed by atoms with Gasteiger partial charge in [-0.3, -0.25) is 9.59 Å². The lowest BCUT2D eigenvalue weighted by Crippen LogP contribution is -2.63. The molecule has 4 atom stereocenters. The fraction of sp³-hybridized carbons (Fsp3) is 0.600. The Bertz CT molecular complexity index is 773. The van der Waals surface area contributed by atoms with Crippen molar-refractivity contribution in [1.29, 1.82) is 0 Å². The van der Waals surface area contributed by atoms with Crippen LogP contribution in [-0.2, 0) is 19.6 Å². The first-order valence-electron chi connectivity index (χ1n) is 10.1. The van der Waals surface area contributed by atoms with Crippen molar-refractivity contribution in [1.82, 2.24) is 10.2 Å². The van der Waals surface area contributed by atoms with E-state index in [9.17, 15) is 9.59 Å². The van der Waals surface area contributed by atoms with Crippen molar-refractivity contribution >= 4 is 25.8 Å². The molecule has 0 aliphatic carbocycles. The lowest BCUT2D eigenvalue weighted by atomic mass is 9.91. The Morgan fingerprint density at radius 2 is 1.81 bits per heavy atom. The van der Waals surface area contributed by atoms with Gasteiger partial charge in [-0.1, -0.05) is 39.0 Å². The van der Waals surface area contributed by atoms with Crippen LogP contribution in [-0.4, -0.2) is 43.3 Å². The number of benzene rings is 1. The van der Waals surface area contributed by atoms with Gasteiger partial charge in [-0.2, -0.15) is 0 Å². The Balaban J connectivity index is 1.84. The van der Waals surface area contributed by atoms with Gasteiger partial charge in [-0.15, -0.1) is 0 Å². The van der Waals surface area contributed by atoms with Crippen LogP contribution in [0.4, 0.5) is 5.69 Å². The summed E-state index contributed by atoms with van der Waals surface area (Å²) in [5, 5.41) is 6.36. The van der Waals surface area contributed by atoms with E-state index in [1.165, 1.54) is 0 Å². The van der Waals surface area contributed by atoms with E-state index in [4.69, 9.17) is 4.43 Å². The number of anilines is 1. The predicted molar refractivity (Wildman–Crippen MR) is 107 cm³/mol. The van der Waals surface area contributed by atoms with Crippen LogP contribution >= 0.6 is 0 Å². The first-order valence-corrected chi connectivity index (χ1v) is 12.6. The van der Waals surface area contributed by atoms with Gasteiger partial charge in [0.05, 0.1) is 0 Å². The van der Waals surface area contributed by atoms with Gasteiger partial charge in [-0.25, -0.2) is 0 Å². The second kappa shape index (κ2) is 6.34. The number of rotatable bonds is 5. The summed E-state index contributed by atoms with van der Waals surface area (Å²) < 4.78 is 7.11. The lowest BCUT2D eigenvalue weighted by Gasteiger charge is -2.41. The van der Waals surface area contributed by atoms with Crippen molar-refractivity contribution in [2.24, 2.45) is 0 Å². The SMILES string of the molecule is CC[Si](CC)(CC)OC12C[C@H]3C(=O)N[C@@H](C)C(=O)N3[C@@H]1Nc1ccccc12. The largest absolute Gasteiger partial charge is 0.403 e. The molecule has 27 heavy (non-hydrogen) atoms. The standard InChI is InChI=1S/C20H29N3O3Si/c1-5-27(6-2,7-3)26-20-12-16-17(24)21-13(4)18(25)23(16)19(20)22-15-11-9-8-10-14(15)20/h8-11,13,16,19,22H,5-7,12H2,1-4H3,(H,21,24)/t13-,16-,19-,20?/m0/s1. The van der Waals surface area contributed by atoms with Crippen molar-refractivity contribution in [3.8, 4) is 0 Å². The molecule has 0 radical (unpaired) electrons. The predicted octanol–water partition coefficient (Wildman–Crippen LogP) is 2.77. The third-order valence-electron chi connectivity index (χ3n) is 6.85. The van der Waals surface area contributed by atoms with Gasteiger partial charge in [0, 0.05) is 17.7 Å². The number of nitrogens with one attached hydrogen (secondary N) is 2. The number of hydrogen-bond donors (Lipinski definition) is 2. The molecule has 2 fully saturated rings. The highest BCUT2D eigenvalue weighted by Crippen LogP contribution is 2.54. The number of carbonyl (C=O) groups excluding carboxylic acids is 2. The molecule has 6 nitrogen and oxygen atoms in total. The first-order chi connectivity index (χ1) is 12.9. The Hall–Kier alpha value is -1.86. The quantitative estimate of drug-likeness (QED) is 0.762. The normalized spacial score (nSPS) is 31.9. The topological polar surface area (TPSA) is 70.7 Å². The van der Waals surface area contributed by atoms with Gasteiger partial charge in [-0.05, 0) is 31.1 Å². The summed E-state index contributed by atoms with van der Waals surface area (Å²) in [7, 11) is -1.98. The third kappa shape index (κ3) is 2.47. The van der Waals surface area contributed by atoms with E-state index < -0.39 is 26.0 Å². The Morgan fingerprint density at radius 3 is 2.48 bits per heavy atom. The number of para-hydroxylation sites is 1. The van der Waals surface area contributed by atoms with Crippen molar-refractivity contribution in [2.45, 2.75) is 76.1 Å². The number of nitrogens with zero attached hydrogens (tertiary/aromatic N) is 1. The number of carbonyl (C=O) groups is 2. The van der Waals surface area contributed by atoms with Crippen LogP contribution in [0, 0.1) is 0 Å². The fourth-order valence-electron chi connectivity index (χ4n) is 5.07. The molecule has 1 aromatic rings. The number of hydrogen-bond acceptors (Lipinski definition) is 4. The molecule has 3 aliphatic rings. The molecule has 1 aromatic carbocycles. The molecule has 0 saturated carbocycles. The number of piperazine rings is 1. The minimum atomic E-state index is -1.98. The number of fused-ring (bicyclic) bond motifs is 5. The summed E-state index contributed by atoms with van der Waals surface area (Å²) in [5.74, 6) is -0.109. The summed E-state index contributed by atoms with van der Waals surface area (Å²) in [6.45, 7) is 8.38. The van der Waals surface area contributed by atoms with E-state index in [2.05, 4.69) is 37.5 Å². The molecule has 146 valence electrons. The van der Waals surface area contributed by atoms with Gasteiger partial charge in [0.15, 0.2) is 8.32 Å². The summed E-state index contributed by atoms with van der Waals surface area (Å²) in [6, 6.07) is 10.2. The van der Waals surface area contributed by atoms with Crippen LogP contribution in [0.15, 0.2) is 24.3 Å². The minimum absolute atomic E-state index is 0.0351. The van der Waals surface area contributed by atoms with E-state index in [1.807, 2.05) is 18.2 Å². The maximum atomic E-state index is 13.0. The summed E-state index contributed by atoms with van der Waals surface area (Å²) in [6.07, 6.45) is 0.193. The molecule has 0 aromatic heterocycles. The first kappa shape index (κ1) is 18.5. The summed E-state index contributed by atoms with van der Waals surface area (Å²) in [5.41, 5.74) is 1.45. The highest BCUT2D eigenvalue weighted by atomic mass is 28.4. The highest BCUT2D eigenvalue weighted by Gasteiger charge is 2.64. The van der Waals surface area contributed by atoms with Crippen LogP contribution < -0.4 is 10.6 Å². The van der Waals surface area contributed by atoms with Crippen LogP contribution in [0.2, 0.25) is 18.1 Å². The molecule has 0 spiro atoms. The third-order valence-corrected chi connectivity index (χ3v) is 11.5. The van der Waals surface area contributed by atoms with Crippen molar-refractivity contribution in [3.05, 3.63) is 29.8 Å². The molecular weight excluding hydrogens is 358 g/mol. The van der Waals surface area contributed by atoms with Gasteiger partial charge in [0.25, 0.3) is 0 Å². The Morgan fingerprint density at radius 1 is 1.15 bits per heavy atom. The maximum Gasteiger partial charge on any atom is 0.247 e. The van der Waals surface area contributed by atoms with Gasteiger partial charge in [0.2, 0.25) is 11.8 Å². The van der Waals surface area contributed by atoms with Crippen LogP contribution in [0.5, 0.6) is 0 Å². The number of amides is 2. The average molecular weight is 388 g/mol. The summed E-state index contributed by atoms with van der Waals surface area (Å²) >= 11 is 0. The minimum Gasteiger partial charge on any atom is -0.403 e. The second-order valence-corrected chi connectivity index (χ2v) is 12.7. The highest BCUT2D eigenvalue weighted by molar-refractivity contribution is 6.73. The van der Waals surface area contributed by atoms with E-state index in [0.29, 0.717) is 6.42 Å². The summed E-state index contributed by atoms with van der Waals surface area (Å²) in [4.78, 5) is 27.5. The van der Waals surface area contributed by atoms with Gasteiger partial charge < -0.3 is 20.0 Å². The van der Waals surface area contributed by atoms with Crippen LogP contribution in [0.3, 0.4) is 0 Å². The molecule has 2 N–H and O–H groups in total. The molecule has 3 heterocycles. The van der Waals surface area contributed by atoms with E-state index in [0.717, 1.165) is 29.4 Å².